The van der Waals surface area contributed by atoms with Gasteiger partial charge in [-0.15, -0.1) is 0 Å². The summed E-state index contributed by atoms with van der Waals surface area (Å²) >= 11 is 0. The van der Waals surface area contributed by atoms with Gasteiger partial charge in [-0.3, -0.25) is 14.1 Å². The van der Waals surface area contributed by atoms with Gasteiger partial charge in [0.1, 0.15) is 0 Å². The fourth-order valence-electron chi connectivity index (χ4n) is 2.57. The van der Waals surface area contributed by atoms with E-state index in [0.717, 1.165) is 38.5 Å². The normalized spacial score (nSPS) is 14.9. The van der Waals surface area contributed by atoms with E-state index in [9.17, 15) is 22.6 Å². The molecule has 3 atom stereocenters. The zero-order chi connectivity index (χ0) is 21.6. The molecule has 0 radical (unpaired) electrons. The average Bonchev–Trinajstić information content (AvgIpc) is 2.63. The van der Waals surface area contributed by atoms with E-state index in [1.807, 2.05) is 0 Å². The summed E-state index contributed by atoms with van der Waals surface area (Å²) in [4.78, 5) is 23.8. The Hall–Kier alpha value is -1.15. The zero-order valence-electron chi connectivity index (χ0n) is 17.8. The Labute approximate surface area is 170 Å². The van der Waals surface area contributed by atoms with Crippen LogP contribution in [0.25, 0.3) is 0 Å². The van der Waals surface area contributed by atoms with Crippen LogP contribution >= 0.6 is 0 Å². The van der Waals surface area contributed by atoms with E-state index in [0.29, 0.717) is 24.7 Å². The number of ether oxygens (including phenoxy) is 2. The maximum Gasteiger partial charge on any atom is 0.327 e. The van der Waals surface area contributed by atoms with Gasteiger partial charge in [-0.05, 0) is 37.5 Å². The first kappa shape index (κ1) is 26.9. The van der Waals surface area contributed by atoms with Crippen molar-refractivity contribution in [3.63, 3.8) is 0 Å². The predicted molar refractivity (Wildman–Crippen MR) is 108 cm³/mol. The molecule has 0 fully saturated rings. The molecule has 7 nitrogen and oxygen atoms in total. The molecule has 8 heteroatoms. The second-order valence-corrected chi connectivity index (χ2v) is 9.21. The lowest BCUT2D eigenvalue weighted by Gasteiger charge is -2.14. The second kappa shape index (κ2) is 14.8. The second-order valence-electron chi connectivity index (χ2n) is 7.61. The van der Waals surface area contributed by atoms with Crippen LogP contribution < -0.4 is 0 Å². The third kappa shape index (κ3) is 13.1. The summed E-state index contributed by atoms with van der Waals surface area (Å²) in [5.41, 5.74) is 0. The van der Waals surface area contributed by atoms with Crippen molar-refractivity contribution >= 4 is 22.1 Å². The van der Waals surface area contributed by atoms with Crippen LogP contribution in [0.2, 0.25) is 0 Å². The molecule has 0 saturated carbocycles. The molecule has 0 bridgehead atoms. The Morgan fingerprint density at radius 2 is 1.32 bits per heavy atom. The quantitative estimate of drug-likeness (QED) is 0.226. The number of carbonyl (C=O) groups is 2. The fourth-order valence-corrected chi connectivity index (χ4v) is 3.23. The molecular formula is C20H38O7S. The summed E-state index contributed by atoms with van der Waals surface area (Å²) in [6.07, 6.45) is 6.50. The standard InChI is InChI=1S/C20H38O7S/c1-5-16(3)11-7-9-13-26-19(21)15-18(28(23,24)25)20(22)27-14-10-8-12-17(4)6-2/h16-18H,5-15H2,1-4H3,(H,23,24,25). The highest BCUT2D eigenvalue weighted by atomic mass is 32.2. The predicted octanol–water partition coefficient (Wildman–Crippen LogP) is 4.15. The first-order valence-corrected chi connectivity index (χ1v) is 11.9. The minimum Gasteiger partial charge on any atom is -0.466 e. The smallest absolute Gasteiger partial charge is 0.327 e. The van der Waals surface area contributed by atoms with E-state index in [1.54, 1.807) is 0 Å². The van der Waals surface area contributed by atoms with Gasteiger partial charge in [0, 0.05) is 0 Å². The van der Waals surface area contributed by atoms with Gasteiger partial charge in [0.2, 0.25) is 0 Å². The van der Waals surface area contributed by atoms with Gasteiger partial charge < -0.3 is 9.47 Å². The third-order valence-corrected chi connectivity index (χ3v) is 6.14. The van der Waals surface area contributed by atoms with Crippen molar-refractivity contribution in [2.45, 2.75) is 90.7 Å². The largest absolute Gasteiger partial charge is 0.466 e. The summed E-state index contributed by atoms with van der Waals surface area (Å²) in [6.45, 7) is 8.73. The van der Waals surface area contributed by atoms with Gasteiger partial charge in [-0.2, -0.15) is 8.42 Å². The van der Waals surface area contributed by atoms with Crippen LogP contribution in [0.5, 0.6) is 0 Å². The minimum absolute atomic E-state index is 0.0615. The number of rotatable bonds is 16. The monoisotopic (exact) mass is 422 g/mol. The van der Waals surface area contributed by atoms with Crippen molar-refractivity contribution in [3.05, 3.63) is 0 Å². The molecular weight excluding hydrogens is 384 g/mol. The first-order valence-electron chi connectivity index (χ1n) is 10.4. The van der Waals surface area contributed by atoms with Gasteiger partial charge >= 0.3 is 11.9 Å². The maximum atomic E-state index is 12.0. The molecule has 0 aromatic rings. The van der Waals surface area contributed by atoms with Crippen LogP contribution in [-0.4, -0.2) is 43.4 Å². The molecule has 0 aliphatic heterocycles. The molecule has 1 N–H and O–H groups in total. The van der Waals surface area contributed by atoms with Crippen molar-refractivity contribution in [1.82, 2.24) is 0 Å². The van der Waals surface area contributed by atoms with E-state index in [-0.39, 0.29) is 13.2 Å². The summed E-state index contributed by atoms with van der Waals surface area (Å²) < 4.78 is 42.1. The summed E-state index contributed by atoms with van der Waals surface area (Å²) in [5.74, 6) is -0.750. The average molecular weight is 423 g/mol. The van der Waals surface area contributed by atoms with Crippen LogP contribution in [0.1, 0.15) is 85.5 Å². The van der Waals surface area contributed by atoms with Crippen molar-refractivity contribution in [3.8, 4) is 0 Å². The SMILES string of the molecule is CCC(C)CCCCOC(=O)CC(C(=O)OCCCCC(C)CC)S(=O)(=O)O. The van der Waals surface area contributed by atoms with Crippen molar-refractivity contribution < 1.29 is 32.0 Å². The molecule has 0 aromatic carbocycles. The molecule has 0 saturated heterocycles. The van der Waals surface area contributed by atoms with Crippen LogP contribution in [0.15, 0.2) is 0 Å². The third-order valence-electron chi connectivity index (χ3n) is 5.06. The Morgan fingerprint density at radius 1 is 0.857 bits per heavy atom. The van der Waals surface area contributed by atoms with Crippen LogP contribution in [-0.2, 0) is 29.2 Å². The Balaban J connectivity index is 4.28. The van der Waals surface area contributed by atoms with E-state index < -0.39 is 33.7 Å². The van der Waals surface area contributed by atoms with E-state index in [2.05, 4.69) is 27.7 Å². The zero-order valence-corrected chi connectivity index (χ0v) is 18.6. The first-order chi connectivity index (χ1) is 13.1. The highest BCUT2D eigenvalue weighted by Crippen LogP contribution is 2.14. The van der Waals surface area contributed by atoms with Crippen LogP contribution in [0.3, 0.4) is 0 Å². The number of esters is 2. The highest BCUT2D eigenvalue weighted by Gasteiger charge is 2.35. The van der Waals surface area contributed by atoms with E-state index in [1.165, 1.54) is 0 Å². The molecule has 166 valence electrons. The van der Waals surface area contributed by atoms with Crippen LogP contribution in [0.4, 0.5) is 0 Å². The fraction of sp³-hybridized carbons (Fsp3) is 0.900. The summed E-state index contributed by atoms with van der Waals surface area (Å²) in [6, 6.07) is 0. The molecule has 28 heavy (non-hydrogen) atoms. The highest BCUT2D eigenvalue weighted by molar-refractivity contribution is 7.87. The van der Waals surface area contributed by atoms with Gasteiger partial charge in [0.15, 0.2) is 5.25 Å². The number of hydrogen-bond acceptors (Lipinski definition) is 6. The number of hydrogen-bond donors (Lipinski definition) is 1. The molecule has 0 amide bonds. The number of carbonyl (C=O) groups excluding carboxylic acids is 2. The lowest BCUT2D eigenvalue weighted by Crippen LogP contribution is -2.34. The van der Waals surface area contributed by atoms with Gasteiger partial charge in [-0.25, -0.2) is 0 Å². The van der Waals surface area contributed by atoms with Crippen molar-refractivity contribution in [2.24, 2.45) is 11.8 Å². The topological polar surface area (TPSA) is 107 Å². The molecule has 0 aromatic heterocycles. The Kier molecular flexibility index (Phi) is 14.2. The summed E-state index contributed by atoms with van der Waals surface area (Å²) in [5, 5.41) is -1.94. The summed E-state index contributed by atoms with van der Waals surface area (Å²) in [7, 11) is -4.74. The van der Waals surface area contributed by atoms with Gasteiger partial charge in [0.05, 0.1) is 19.6 Å². The van der Waals surface area contributed by atoms with Crippen LogP contribution in [0, 0.1) is 11.8 Å². The Morgan fingerprint density at radius 3 is 1.75 bits per heavy atom. The van der Waals surface area contributed by atoms with Crippen molar-refractivity contribution in [1.29, 1.82) is 0 Å². The molecule has 0 aliphatic rings. The minimum atomic E-state index is -4.74. The molecule has 0 rings (SSSR count). The van der Waals surface area contributed by atoms with Gasteiger partial charge in [0.25, 0.3) is 10.1 Å². The van der Waals surface area contributed by atoms with E-state index in [4.69, 9.17) is 9.47 Å². The van der Waals surface area contributed by atoms with Crippen molar-refractivity contribution in [2.75, 3.05) is 13.2 Å². The van der Waals surface area contributed by atoms with E-state index >= 15 is 0 Å². The lowest BCUT2D eigenvalue weighted by molar-refractivity contribution is -0.150. The molecule has 0 spiro atoms. The number of unbranched alkanes of at least 4 members (excludes halogenated alkanes) is 2. The maximum absolute atomic E-state index is 12.0. The molecule has 0 aliphatic carbocycles. The molecule has 0 heterocycles. The Bertz CT molecular complexity index is 545. The lowest BCUT2D eigenvalue weighted by atomic mass is 10.0. The molecule has 3 unspecified atom stereocenters. The van der Waals surface area contributed by atoms with Gasteiger partial charge in [-0.1, -0.05) is 53.4 Å².